The second-order valence-corrected chi connectivity index (χ2v) is 6.04. The summed E-state index contributed by atoms with van der Waals surface area (Å²) in [6.45, 7) is 0.391. The van der Waals surface area contributed by atoms with Gasteiger partial charge >= 0.3 is 0 Å². The summed E-state index contributed by atoms with van der Waals surface area (Å²) in [6.07, 6.45) is 7.46. The Morgan fingerprint density at radius 3 is 2.08 bits per heavy atom. The Morgan fingerprint density at radius 2 is 1.60 bits per heavy atom. The summed E-state index contributed by atoms with van der Waals surface area (Å²) in [5, 5.41) is 3.35. The molecule has 1 aliphatic rings. The smallest absolute Gasteiger partial charge is 0.189 e. The molecule has 1 saturated carbocycles. The standard InChI is InChI=1S/C18H29N3O3.HI/c1-22-14-10-16(23-2)15(17(11-14)24-3)12-20-18(19)21-13-8-6-4-5-7-9-13;/h10-11,13H,4-9,12H2,1-3H3,(H3,19,20,21);1H. The van der Waals surface area contributed by atoms with Crippen LogP contribution in [0, 0.1) is 0 Å². The van der Waals surface area contributed by atoms with Crippen molar-refractivity contribution in [2.45, 2.75) is 51.1 Å². The first kappa shape index (κ1) is 21.7. The Hall–Kier alpha value is -1.38. The van der Waals surface area contributed by atoms with Crippen molar-refractivity contribution in [3.8, 4) is 17.2 Å². The molecule has 0 unspecified atom stereocenters. The van der Waals surface area contributed by atoms with E-state index in [1.165, 1.54) is 25.7 Å². The molecule has 7 heteroatoms. The van der Waals surface area contributed by atoms with Gasteiger partial charge in [-0.25, -0.2) is 4.99 Å². The Bertz CT molecular complexity index is 533. The second kappa shape index (κ2) is 11.3. The topological polar surface area (TPSA) is 78.1 Å². The summed E-state index contributed by atoms with van der Waals surface area (Å²) < 4.78 is 16.1. The number of methoxy groups -OCH3 is 3. The summed E-state index contributed by atoms with van der Waals surface area (Å²) in [7, 11) is 4.85. The molecule has 0 spiro atoms. The summed E-state index contributed by atoms with van der Waals surface area (Å²) in [5.74, 6) is 2.51. The molecule has 142 valence electrons. The minimum absolute atomic E-state index is 0. The SMILES string of the molecule is COc1cc(OC)c(CN=C(N)NC2CCCCCC2)c(OC)c1.I. The molecular weight excluding hydrogens is 433 g/mol. The van der Waals surface area contributed by atoms with Crippen LogP contribution in [0.25, 0.3) is 0 Å². The van der Waals surface area contributed by atoms with Crippen molar-refractivity contribution in [2.24, 2.45) is 10.7 Å². The van der Waals surface area contributed by atoms with Crippen molar-refractivity contribution in [2.75, 3.05) is 21.3 Å². The van der Waals surface area contributed by atoms with Crippen LogP contribution in [0.4, 0.5) is 0 Å². The highest BCUT2D eigenvalue weighted by Crippen LogP contribution is 2.34. The van der Waals surface area contributed by atoms with Crippen LogP contribution in [0.3, 0.4) is 0 Å². The second-order valence-electron chi connectivity index (χ2n) is 6.04. The molecule has 2 rings (SSSR count). The first-order chi connectivity index (χ1) is 11.7. The molecule has 0 heterocycles. The molecule has 6 nitrogen and oxygen atoms in total. The molecule has 0 atom stereocenters. The molecule has 25 heavy (non-hydrogen) atoms. The van der Waals surface area contributed by atoms with E-state index >= 15 is 0 Å². The number of aliphatic imine (C=N–C) groups is 1. The third kappa shape index (κ3) is 6.45. The highest BCUT2D eigenvalue weighted by molar-refractivity contribution is 14.0. The Kier molecular flexibility index (Phi) is 9.77. The summed E-state index contributed by atoms with van der Waals surface area (Å²) >= 11 is 0. The van der Waals surface area contributed by atoms with Gasteiger partial charge in [0, 0.05) is 18.2 Å². The maximum absolute atomic E-state index is 6.08. The maximum atomic E-state index is 6.08. The zero-order chi connectivity index (χ0) is 17.4. The number of benzene rings is 1. The third-order valence-electron chi connectivity index (χ3n) is 4.43. The van der Waals surface area contributed by atoms with Gasteiger partial charge in [0.1, 0.15) is 17.2 Å². The zero-order valence-electron chi connectivity index (χ0n) is 15.3. The highest BCUT2D eigenvalue weighted by atomic mass is 127. The predicted octanol–water partition coefficient (Wildman–Crippen LogP) is 3.46. The van der Waals surface area contributed by atoms with Crippen LogP contribution < -0.4 is 25.3 Å². The van der Waals surface area contributed by atoms with Gasteiger partial charge in [0.2, 0.25) is 0 Å². The first-order valence-corrected chi connectivity index (χ1v) is 8.53. The molecule has 1 aromatic rings. The first-order valence-electron chi connectivity index (χ1n) is 8.53. The van der Waals surface area contributed by atoms with Crippen molar-refractivity contribution in [3.05, 3.63) is 17.7 Å². The van der Waals surface area contributed by atoms with Gasteiger partial charge in [-0.15, -0.1) is 24.0 Å². The van der Waals surface area contributed by atoms with Gasteiger partial charge in [0.25, 0.3) is 0 Å². The lowest BCUT2D eigenvalue weighted by molar-refractivity contribution is 0.369. The fourth-order valence-electron chi connectivity index (χ4n) is 3.08. The van der Waals surface area contributed by atoms with Gasteiger partial charge in [-0.2, -0.15) is 0 Å². The van der Waals surface area contributed by atoms with Crippen LogP contribution in [0.5, 0.6) is 17.2 Å². The highest BCUT2D eigenvalue weighted by Gasteiger charge is 2.15. The largest absolute Gasteiger partial charge is 0.496 e. The predicted molar refractivity (Wildman–Crippen MR) is 111 cm³/mol. The number of nitrogens with zero attached hydrogens (tertiary/aromatic N) is 1. The number of guanidine groups is 1. The molecule has 3 N–H and O–H groups in total. The third-order valence-corrected chi connectivity index (χ3v) is 4.43. The van der Waals surface area contributed by atoms with Gasteiger partial charge in [-0.3, -0.25) is 0 Å². The van der Waals surface area contributed by atoms with Gasteiger partial charge in [0.15, 0.2) is 5.96 Å². The van der Waals surface area contributed by atoms with Crippen LogP contribution in [0.1, 0.15) is 44.1 Å². The van der Waals surface area contributed by atoms with E-state index in [-0.39, 0.29) is 24.0 Å². The van der Waals surface area contributed by atoms with E-state index in [0.717, 1.165) is 18.4 Å². The molecule has 1 aromatic carbocycles. The summed E-state index contributed by atoms with van der Waals surface area (Å²) in [5.41, 5.74) is 6.93. The van der Waals surface area contributed by atoms with E-state index in [9.17, 15) is 0 Å². The van der Waals surface area contributed by atoms with Crippen LogP contribution >= 0.6 is 24.0 Å². The van der Waals surface area contributed by atoms with Crippen LogP contribution in [0.15, 0.2) is 17.1 Å². The van der Waals surface area contributed by atoms with Gasteiger partial charge in [-0.1, -0.05) is 25.7 Å². The minimum Gasteiger partial charge on any atom is -0.496 e. The van der Waals surface area contributed by atoms with Crippen molar-refractivity contribution >= 4 is 29.9 Å². The number of rotatable bonds is 6. The van der Waals surface area contributed by atoms with E-state index in [1.807, 2.05) is 12.1 Å². The van der Waals surface area contributed by atoms with Crippen molar-refractivity contribution < 1.29 is 14.2 Å². The van der Waals surface area contributed by atoms with E-state index in [4.69, 9.17) is 19.9 Å². The molecule has 1 fully saturated rings. The van der Waals surface area contributed by atoms with E-state index in [0.29, 0.717) is 35.8 Å². The Morgan fingerprint density at radius 1 is 1.04 bits per heavy atom. The lowest BCUT2D eigenvalue weighted by Gasteiger charge is -2.17. The molecular formula is C18H30IN3O3. The number of halogens is 1. The molecule has 0 aliphatic heterocycles. The fourth-order valence-corrected chi connectivity index (χ4v) is 3.08. The monoisotopic (exact) mass is 463 g/mol. The fraction of sp³-hybridized carbons (Fsp3) is 0.611. The minimum atomic E-state index is 0. The normalized spacial score (nSPS) is 15.7. The molecule has 1 aliphatic carbocycles. The van der Waals surface area contributed by atoms with Gasteiger partial charge in [-0.05, 0) is 12.8 Å². The van der Waals surface area contributed by atoms with Gasteiger partial charge < -0.3 is 25.3 Å². The Balaban J connectivity index is 0.00000312. The molecule has 0 bridgehead atoms. The van der Waals surface area contributed by atoms with E-state index in [1.54, 1.807) is 21.3 Å². The molecule has 0 saturated heterocycles. The van der Waals surface area contributed by atoms with Crippen molar-refractivity contribution in [3.63, 3.8) is 0 Å². The lowest BCUT2D eigenvalue weighted by Crippen LogP contribution is -2.39. The molecule has 0 aromatic heterocycles. The number of hydrogen-bond acceptors (Lipinski definition) is 4. The molecule has 0 radical (unpaired) electrons. The van der Waals surface area contributed by atoms with E-state index in [2.05, 4.69) is 10.3 Å². The van der Waals surface area contributed by atoms with Crippen molar-refractivity contribution in [1.29, 1.82) is 0 Å². The van der Waals surface area contributed by atoms with Gasteiger partial charge in [0.05, 0.1) is 33.4 Å². The number of nitrogens with two attached hydrogens (primary N) is 1. The average molecular weight is 463 g/mol. The van der Waals surface area contributed by atoms with Crippen LogP contribution in [-0.4, -0.2) is 33.3 Å². The zero-order valence-corrected chi connectivity index (χ0v) is 17.7. The number of nitrogens with one attached hydrogen (secondary N) is 1. The van der Waals surface area contributed by atoms with E-state index < -0.39 is 0 Å². The number of ether oxygens (including phenoxy) is 3. The molecule has 0 amide bonds. The summed E-state index contributed by atoms with van der Waals surface area (Å²) in [6, 6.07) is 4.07. The number of hydrogen-bond donors (Lipinski definition) is 2. The van der Waals surface area contributed by atoms with Crippen LogP contribution in [0.2, 0.25) is 0 Å². The lowest BCUT2D eigenvalue weighted by atomic mass is 10.1. The van der Waals surface area contributed by atoms with Crippen LogP contribution in [-0.2, 0) is 6.54 Å². The quantitative estimate of drug-likeness (QED) is 0.293. The maximum Gasteiger partial charge on any atom is 0.189 e. The Labute approximate surface area is 167 Å². The van der Waals surface area contributed by atoms with Crippen molar-refractivity contribution in [1.82, 2.24) is 5.32 Å². The average Bonchev–Trinajstić information content (AvgIpc) is 2.87. The summed E-state index contributed by atoms with van der Waals surface area (Å²) in [4.78, 5) is 4.47.